The molecule has 0 radical (unpaired) electrons. The Morgan fingerprint density at radius 2 is 1.25 bits per heavy atom. The fraction of sp³-hybridized carbons (Fsp3) is 0.130. The summed E-state index contributed by atoms with van der Waals surface area (Å²) in [5.74, 6) is 4.28. The van der Waals surface area contributed by atoms with Gasteiger partial charge in [0.1, 0.15) is 28.8 Å². The maximum Gasteiger partial charge on any atom is 0.260 e. The van der Waals surface area contributed by atoms with Crippen molar-refractivity contribution < 1.29 is 9.47 Å². The third-order valence-electron chi connectivity index (χ3n) is 10.7. The van der Waals surface area contributed by atoms with Gasteiger partial charge in [-0.25, -0.2) is 4.98 Å². The molecule has 52 heavy (non-hydrogen) atoms. The van der Waals surface area contributed by atoms with Crippen molar-refractivity contribution in [3.8, 4) is 51.3 Å². The maximum atomic E-state index is 6.82. The van der Waals surface area contributed by atoms with E-state index in [1.165, 1.54) is 16.7 Å². The molecule has 5 nitrogen and oxygen atoms in total. The number of hydrogen-bond acceptors (Lipinski definition) is 4. The summed E-state index contributed by atoms with van der Waals surface area (Å²) in [5, 5.41) is 2.29. The summed E-state index contributed by atoms with van der Waals surface area (Å²) in [6, 6.07) is 42.8. The highest BCUT2D eigenvalue weighted by Crippen LogP contribution is 2.40. The second kappa shape index (κ2) is 11.2. The van der Waals surface area contributed by atoms with Gasteiger partial charge in [0, 0.05) is 22.6 Å². The van der Waals surface area contributed by atoms with Crippen LogP contribution in [0.5, 0.6) is 23.0 Å². The summed E-state index contributed by atoms with van der Waals surface area (Å²) in [7, 11) is 0. The van der Waals surface area contributed by atoms with Gasteiger partial charge in [-0.2, -0.15) is 0 Å². The van der Waals surface area contributed by atoms with Crippen molar-refractivity contribution in [1.29, 1.82) is 0 Å². The van der Waals surface area contributed by atoms with Crippen molar-refractivity contribution >= 4 is 44.9 Å². The zero-order valence-electron chi connectivity index (χ0n) is 29.9. The Bertz CT molecular complexity index is 2740. The van der Waals surface area contributed by atoms with Crippen LogP contribution in [0.25, 0.3) is 50.1 Å². The van der Waals surface area contributed by atoms with Gasteiger partial charge in [-0.1, -0.05) is 87.5 Å². The van der Waals surface area contributed by atoms with Gasteiger partial charge in [0.2, 0.25) is 0 Å². The van der Waals surface area contributed by atoms with Crippen LogP contribution in [0.1, 0.15) is 37.5 Å². The second-order valence-electron chi connectivity index (χ2n) is 15.2. The molecular weight excluding hydrogens is 637 g/mol. The number of aryl methyl sites for hydroxylation is 2. The largest absolute Gasteiger partial charge is 0.458 e. The maximum absolute atomic E-state index is 6.82. The van der Waals surface area contributed by atoms with E-state index in [9.17, 15) is 0 Å². The summed E-state index contributed by atoms with van der Waals surface area (Å²) in [6.07, 6.45) is 1.96. The average molecular weight is 674 g/mol. The van der Waals surface area contributed by atoms with Crippen LogP contribution in [-0.2, 0) is 5.41 Å². The molecule has 6 aromatic carbocycles. The highest BCUT2D eigenvalue weighted by molar-refractivity contribution is 6.98. The molecule has 4 heterocycles. The molecule has 2 aliphatic heterocycles. The van der Waals surface area contributed by atoms with Crippen molar-refractivity contribution in [2.75, 3.05) is 0 Å². The summed E-state index contributed by atoms with van der Waals surface area (Å²) in [5.41, 5.74) is 12.9. The summed E-state index contributed by atoms with van der Waals surface area (Å²) in [6.45, 7) is 10.9. The lowest BCUT2D eigenvalue weighted by molar-refractivity contribution is 0.458. The van der Waals surface area contributed by atoms with Gasteiger partial charge < -0.3 is 9.47 Å². The summed E-state index contributed by atoms with van der Waals surface area (Å²) >= 11 is 0. The number of fused-ring (bicyclic) bond motifs is 6. The van der Waals surface area contributed by atoms with Crippen molar-refractivity contribution in [1.82, 2.24) is 14.5 Å². The van der Waals surface area contributed by atoms with Crippen molar-refractivity contribution in [2.45, 2.75) is 40.0 Å². The fourth-order valence-corrected chi connectivity index (χ4v) is 8.08. The fourth-order valence-electron chi connectivity index (χ4n) is 8.08. The van der Waals surface area contributed by atoms with E-state index < -0.39 is 0 Å². The van der Waals surface area contributed by atoms with Gasteiger partial charge in [0.05, 0.1) is 22.4 Å². The number of benzene rings is 6. The molecule has 250 valence electrons. The number of rotatable bonds is 3. The molecular formula is C46H36BN3O2. The average Bonchev–Trinajstić information content (AvgIpc) is 3.52. The number of ether oxygens (including phenoxy) is 2. The van der Waals surface area contributed by atoms with E-state index >= 15 is 0 Å². The van der Waals surface area contributed by atoms with Crippen molar-refractivity contribution in [2.24, 2.45) is 0 Å². The smallest absolute Gasteiger partial charge is 0.260 e. The molecule has 0 aliphatic carbocycles. The first kappa shape index (κ1) is 30.7. The lowest BCUT2D eigenvalue weighted by atomic mass is 9.34. The Morgan fingerprint density at radius 3 is 1.96 bits per heavy atom. The van der Waals surface area contributed by atoms with Crippen LogP contribution in [0.15, 0.2) is 128 Å². The molecule has 0 bridgehead atoms. The Kier molecular flexibility index (Phi) is 6.59. The SMILES string of the molecule is Cc1cccc(C)c1-n1c(-c2ccc3c(c2)B2c4cc(-c5cc6ccccc6cn5)ccc4Oc4cc(C(C)(C)C)cc(c42)O3)nc2ccccc21. The Hall–Kier alpha value is -6.14. The molecule has 0 saturated heterocycles. The first-order valence-electron chi connectivity index (χ1n) is 17.9. The minimum Gasteiger partial charge on any atom is -0.458 e. The van der Waals surface area contributed by atoms with E-state index in [1.54, 1.807) is 0 Å². The van der Waals surface area contributed by atoms with E-state index in [1.807, 2.05) is 12.3 Å². The Morgan fingerprint density at radius 1 is 0.615 bits per heavy atom. The highest BCUT2D eigenvalue weighted by Gasteiger charge is 2.41. The topological polar surface area (TPSA) is 49.2 Å². The van der Waals surface area contributed by atoms with Gasteiger partial charge in [0.15, 0.2) is 0 Å². The van der Waals surface area contributed by atoms with E-state index in [2.05, 4.69) is 154 Å². The molecule has 10 rings (SSSR count). The quantitative estimate of drug-likeness (QED) is 0.175. The van der Waals surface area contributed by atoms with Crippen LogP contribution < -0.4 is 25.9 Å². The van der Waals surface area contributed by atoms with Gasteiger partial charge in [-0.3, -0.25) is 9.55 Å². The van der Waals surface area contributed by atoms with Crippen molar-refractivity contribution in [3.05, 3.63) is 144 Å². The van der Waals surface area contributed by atoms with E-state index in [0.29, 0.717) is 0 Å². The predicted molar refractivity (Wildman–Crippen MR) is 213 cm³/mol. The zero-order chi connectivity index (χ0) is 35.3. The van der Waals surface area contributed by atoms with Gasteiger partial charge in [0.25, 0.3) is 6.71 Å². The van der Waals surface area contributed by atoms with Crippen LogP contribution in [-0.4, -0.2) is 21.2 Å². The third-order valence-corrected chi connectivity index (χ3v) is 10.7. The van der Waals surface area contributed by atoms with Crippen molar-refractivity contribution in [3.63, 3.8) is 0 Å². The lowest BCUT2D eigenvalue weighted by Crippen LogP contribution is -2.57. The lowest BCUT2D eigenvalue weighted by Gasteiger charge is -2.35. The molecule has 0 saturated carbocycles. The van der Waals surface area contributed by atoms with Crippen LogP contribution in [0.2, 0.25) is 0 Å². The van der Waals surface area contributed by atoms with E-state index in [4.69, 9.17) is 19.4 Å². The first-order valence-corrected chi connectivity index (χ1v) is 17.9. The first-order chi connectivity index (χ1) is 25.2. The molecule has 0 unspecified atom stereocenters. The van der Waals surface area contributed by atoms with Gasteiger partial charge >= 0.3 is 0 Å². The van der Waals surface area contributed by atoms with E-state index in [-0.39, 0.29) is 12.1 Å². The summed E-state index contributed by atoms with van der Waals surface area (Å²) in [4.78, 5) is 10.2. The predicted octanol–water partition coefficient (Wildman–Crippen LogP) is 9.55. The molecule has 6 heteroatoms. The minimum absolute atomic E-state index is 0.0868. The number of aromatic nitrogens is 3. The number of hydrogen-bond donors (Lipinski definition) is 0. The molecule has 2 aromatic heterocycles. The van der Waals surface area contributed by atoms with Crippen LogP contribution in [0, 0.1) is 13.8 Å². The number of para-hydroxylation sites is 3. The molecule has 0 fully saturated rings. The molecule has 0 atom stereocenters. The van der Waals surface area contributed by atoms with Crippen LogP contribution >= 0.6 is 0 Å². The Balaban J connectivity index is 1.20. The molecule has 0 amide bonds. The van der Waals surface area contributed by atoms with Crippen LogP contribution in [0.4, 0.5) is 0 Å². The summed E-state index contributed by atoms with van der Waals surface area (Å²) < 4.78 is 15.9. The molecule has 8 aromatic rings. The number of nitrogens with zero attached hydrogens (tertiary/aromatic N) is 3. The van der Waals surface area contributed by atoms with Gasteiger partial charge in [-0.15, -0.1) is 0 Å². The molecule has 0 spiro atoms. The highest BCUT2D eigenvalue weighted by atomic mass is 16.5. The van der Waals surface area contributed by atoms with Gasteiger partial charge in [-0.05, 0) is 112 Å². The minimum atomic E-state index is -0.120. The van der Waals surface area contributed by atoms with E-state index in [0.717, 1.165) is 89.5 Å². The zero-order valence-corrected chi connectivity index (χ0v) is 29.9. The number of imidazole rings is 1. The Labute approximate surface area is 303 Å². The van der Waals surface area contributed by atoms with Crippen LogP contribution in [0.3, 0.4) is 0 Å². The third kappa shape index (κ3) is 4.71. The second-order valence-corrected chi connectivity index (χ2v) is 15.2. The molecule has 2 aliphatic rings. The number of pyridine rings is 1. The molecule has 0 N–H and O–H groups in total. The normalized spacial score (nSPS) is 13.0. The monoisotopic (exact) mass is 673 g/mol. The standard InChI is InChI=1S/C46H36BN3O2/c1-27-11-10-12-28(2)44(27)50-38-16-9-8-15-36(38)49-45(50)31-18-20-40-35(22-31)47-34-21-30(37-23-29-13-6-7-14-32(29)26-48-37)17-19-39(34)51-41-24-33(46(3,4)5)25-42(52-40)43(41)47/h6-26H,1-5H3.